The topological polar surface area (TPSA) is 0 Å². The minimum Gasteiger partial charge on any atom is -0.135 e. The summed E-state index contributed by atoms with van der Waals surface area (Å²) in [6, 6.07) is 56.7. The molecule has 2 aliphatic rings. The van der Waals surface area contributed by atoms with Crippen molar-refractivity contribution >= 4 is 47.9 Å². The highest BCUT2D eigenvalue weighted by Crippen LogP contribution is 2.58. The third kappa shape index (κ3) is 4.80. The van der Waals surface area contributed by atoms with Gasteiger partial charge in [-0.3, -0.25) is 0 Å². The van der Waals surface area contributed by atoms with Crippen LogP contribution in [0.25, 0.3) is 58.8 Å². The highest BCUT2D eigenvalue weighted by atomic mass is 32.1. The van der Waals surface area contributed by atoms with E-state index < -0.39 is 0 Å². The Labute approximate surface area is 309 Å². The molecular formula is C51H38S. The van der Waals surface area contributed by atoms with E-state index in [4.69, 9.17) is 0 Å². The number of hydrogen-bond donors (Lipinski definition) is 0. The van der Waals surface area contributed by atoms with Crippen molar-refractivity contribution < 1.29 is 0 Å². The number of allylic oxidation sites excluding steroid dienone is 5. The van der Waals surface area contributed by atoms with E-state index in [1.165, 1.54) is 86.6 Å². The van der Waals surface area contributed by atoms with Gasteiger partial charge in [0, 0.05) is 20.2 Å². The molecule has 10 rings (SSSR count). The largest absolute Gasteiger partial charge is 0.135 e. The van der Waals surface area contributed by atoms with Crippen molar-refractivity contribution in [2.24, 2.45) is 5.92 Å². The quantitative estimate of drug-likeness (QED) is 0.164. The Morgan fingerprint density at radius 2 is 1.29 bits per heavy atom. The van der Waals surface area contributed by atoms with Crippen molar-refractivity contribution in [3.05, 3.63) is 210 Å². The Hall–Kier alpha value is -5.76. The molecule has 52 heavy (non-hydrogen) atoms. The minimum absolute atomic E-state index is 0.316. The zero-order chi connectivity index (χ0) is 34.8. The van der Waals surface area contributed by atoms with Crippen LogP contribution < -0.4 is 0 Å². The summed E-state index contributed by atoms with van der Waals surface area (Å²) in [6.07, 6.45) is 8.82. The van der Waals surface area contributed by atoms with Crippen LogP contribution in [0, 0.1) is 5.92 Å². The second-order valence-corrected chi connectivity index (χ2v) is 15.7. The SMILES string of the molecule is C=C(Cc1ccc(C2(C3=CC=CCC3C)c3ccccc3-c3ccccc32)cc1)c1ccc2sc3ccc(-c4ccc5ccccc5c4)cc3c2c1. The van der Waals surface area contributed by atoms with E-state index in [-0.39, 0.29) is 5.41 Å². The van der Waals surface area contributed by atoms with Crippen molar-refractivity contribution in [2.45, 2.75) is 25.2 Å². The van der Waals surface area contributed by atoms with Gasteiger partial charge in [-0.05, 0) is 121 Å². The van der Waals surface area contributed by atoms with E-state index in [1.54, 1.807) is 0 Å². The van der Waals surface area contributed by atoms with Gasteiger partial charge in [-0.25, -0.2) is 0 Å². The molecular weight excluding hydrogens is 645 g/mol. The highest BCUT2D eigenvalue weighted by molar-refractivity contribution is 7.25. The zero-order valence-electron chi connectivity index (χ0n) is 29.3. The van der Waals surface area contributed by atoms with Gasteiger partial charge >= 0.3 is 0 Å². The first-order valence-corrected chi connectivity index (χ1v) is 19.2. The van der Waals surface area contributed by atoms with Gasteiger partial charge in [0.05, 0.1) is 5.41 Å². The molecule has 1 atom stereocenters. The van der Waals surface area contributed by atoms with Gasteiger partial charge in [0.25, 0.3) is 0 Å². The molecule has 7 aromatic carbocycles. The smallest absolute Gasteiger partial charge is 0.0679 e. The Balaban J connectivity index is 0.994. The molecule has 8 aromatic rings. The Morgan fingerprint density at radius 3 is 2.04 bits per heavy atom. The molecule has 1 aromatic heterocycles. The van der Waals surface area contributed by atoms with Gasteiger partial charge in [0.2, 0.25) is 0 Å². The van der Waals surface area contributed by atoms with Crippen LogP contribution in [0.1, 0.15) is 41.2 Å². The fourth-order valence-corrected chi connectivity index (χ4v) is 10.1. The van der Waals surface area contributed by atoms with Crippen molar-refractivity contribution in [3.8, 4) is 22.3 Å². The van der Waals surface area contributed by atoms with Gasteiger partial charge in [-0.15, -0.1) is 11.3 Å². The average Bonchev–Trinajstić information content (AvgIpc) is 3.71. The minimum atomic E-state index is -0.316. The van der Waals surface area contributed by atoms with E-state index in [9.17, 15) is 0 Å². The Kier molecular flexibility index (Phi) is 7.27. The molecule has 0 saturated heterocycles. The van der Waals surface area contributed by atoms with Crippen LogP contribution in [-0.2, 0) is 11.8 Å². The Bertz CT molecular complexity index is 2720. The van der Waals surface area contributed by atoms with Gasteiger partial charge in [0.15, 0.2) is 0 Å². The third-order valence-corrected chi connectivity index (χ3v) is 12.7. The summed E-state index contributed by atoms with van der Waals surface area (Å²) in [5.41, 5.74) is 14.1. The average molecular weight is 683 g/mol. The summed E-state index contributed by atoms with van der Waals surface area (Å²) in [5.74, 6) is 0.440. The predicted molar refractivity (Wildman–Crippen MR) is 224 cm³/mol. The normalized spacial score (nSPS) is 15.9. The maximum atomic E-state index is 4.63. The van der Waals surface area contributed by atoms with Gasteiger partial charge in [-0.1, -0.05) is 153 Å². The molecule has 0 spiro atoms. The molecule has 0 saturated carbocycles. The van der Waals surface area contributed by atoms with E-state index in [2.05, 4.69) is 183 Å². The lowest BCUT2D eigenvalue weighted by Crippen LogP contribution is -2.33. The molecule has 1 unspecified atom stereocenters. The maximum Gasteiger partial charge on any atom is 0.0679 e. The van der Waals surface area contributed by atoms with Crippen LogP contribution >= 0.6 is 11.3 Å². The predicted octanol–water partition coefficient (Wildman–Crippen LogP) is 14.0. The second kappa shape index (κ2) is 12.2. The summed E-state index contributed by atoms with van der Waals surface area (Å²) in [4.78, 5) is 0. The third-order valence-electron chi connectivity index (χ3n) is 11.6. The van der Waals surface area contributed by atoms with Crippen molar-refractivity contribution in [3.63, 3.8) is 0 Å². The standard InChI is InChI=1S/C51H38S/c1-33-11-3-8-16-46(33)51(47-17-9-6-14-42(47)43-15-7-10-18-48(43)51)41-25-19-35(20-26-41)29-34(2)37-23-27-49-44(31-37)45-32-40(24-28-50(45)52-49)39-22-21-36-12-4-5-13-38(36)30-39/h3-10,12-28,30-33H,2,11,29H2,1H3. The summed E-state index contributed by atoms with van der Waals surface area (Å²) in [6.45, 7) is 7.01. The molecule has 0 radical (unpaired) electrons. The molecule has 0 amide bonds. The molecule has 248 valence electrons. The lowest BCUT2D eigenvalue weighted by atomic mass is 9.63. The number of thiophene rings is 1. The van der Waals surface area contributed by atoms with E-state index >= 15 is 0 Å². The van der Waals surface area contributed by atoms with Crippen molar-refractivity contribution in [1.82, 2.24) is 0 Å². The van der Waals surface area contributed by atoms with Crippen LogP contribution in [0.4, 0.5) is 0 Å². The van der Waals surface area contributed by atoms with Crippen molar-refractivity contribution in [2.75, 3.05) is 0 Å². The molecule has 2 aliphatic carbocycles. The van der Waals surface area contributed by atoms with E-state index in [1.807, 2.05) is 11.3 Å². The lowest BCUT2D eigenvalue weighted by Gasteiger charge is -2.39. The van der Waals surface area contributed by atoms with E-state index in [0.29, 0.717) is 5.92 Å². The number of benzene rings is 7. The summed E-state index contributed by atoms with van der Waals surface area (Å²) < 4.78 is 2.63. The van der Waals surface area contributed by atoms with Crippen LogP contribution in [-0.4, -0.2) is 0 Å². The van der Waals surface area contributed by atoms with Gasteiger partial charge in [-0.2, -0.15) is 0 Å². The molecule has 0 fully saturated rings. The number of hydrogen-bond acceptors (Lipinski definition) is 1. The molecule has 0 bridgehead atoms. The first-order valence-electron chi connectivity index (χ1n) is 18.4. The van der Waals surface area contributed by atoms with Gasteiger partial charge < -0.3 is 0 Å². The Morgan fingerprint density at radius 1 is 0.654 bits per heavy atom. The fraction of sp³-hybridized carbons (Fsp3) is 0.0980. The lowest BCUT2D eigenvalue weighted by molar-refractivity contribution is 0.576. The van der Waals surface area contributed by atoms with Crippen LogP contribution in [0.2, 0.25) is 0 Å². The summed E-state index contributed by atoms with van der Waals surface area (Å²) in [5, 5.41) is 5.16. The number of fused-ring (bicyclic) bond motifs is 7. The fourth-order valence-electron chi connectivity index (χ4n) is 9.03. The summed E-state index contributed by atoms with van der Waals surface area (Å²) >= 11 is 1.87. The second-order valence-electron chi connectivity index (χ2n) is 14.6. The molecule has 0 N–H and O–H groups in total. The molecule has 1 heterocycles. The van der Waals surface area contributed by atoms with E-state index in [0.717, 1.165) is 18.4 Å². The molecule has 0 aliphatic heterocycles. The van der Waals surface area contributed by atoms with Crippen LogP contribution in [0.15, 0.2) is 182 Å². The van der Waals surface area contributed by atoms with Gasteiger partial charge in [0.1, 0.15) is 0 Å². The summed E-state index contributed by atoms with van der Waals surface area (Å²) in [7, 11) is 0. The first-order chi connectivity index (χ1) is 25.6. The van der Waals surface area contributed by atoms with Crippen molar-refractivity contribution in [1.29, 1.82) is 0 Å². The maximum absolute atomic E-state index is 4.63. The highest BCUT2D eigenvalue weighted by Gasteiger charge is 2.48. The monoisotopic (exact) mass is 682 g/mol. The first kappa shape index (κ1) is 31.0. The zero-order valence-corrected chi connectivity index (χ0v) is 30.1. The number of rotatable bonds is 6. The molecule has 1 heteroatoms. The molecule has 0 nitrogen and oxygen atoms in total. The van der Waals surface area contributed by atoms with Crippen LogP contribution in [0.3, 0.4) is 0 Å². The van der Waals surface area contributed by atoms with Crippen LogP contribution in [0.5, 0.6) is 0 Å².